The van der Waals surface area contributed by atoms with Gasteiger partial charge in [0.05, 0.1) is 26.9 Å². The summed E-state index contributed by atoms with van der Waals surface area (Å²) < 4.78 is 4.73. The molecule has 0 aliphatic heterocycles. The van der Waals surface area contributed by atoms with Crippen LogP contribution in [0.5, 0.6) is 0 Å². The number of fused-ring (bicyclic) bond motifs is 8. The Bertz CT molecular complexity index is 2460. The number of hydrogen-bond acceptors (Lipinski definition) is 3. The van der Waals surface area contributed by atoms with Gasteiger partial charge in [0.1, 0.15) is 0 Å². The minimum absolute atomic E-state index is 0.748. The molecule has 42 heavy (non-hydrogen) atoms. The summed E-state index contributed by atoms with van der Waals surface area (Å²) in [6.07, 6.45) is 0. The molecular formula is C38H23N3S. The van der Waals surface area contributed by atoms with Crippen LogP contribution >= 0.6 is 11.3 Å². The number of thiophene rings is 1. The van der Waals surface area contributed by atoms with Crippen LogP contribution in [0.4, 0.5) is 0 Å². The number of benzene rings is 6. The number of hydrogen-bond donors (Lipinski definition) is 0. The van der Waals surface area contributed by atoms with Crippen molar-refractivity contribution in [2.75, 3.05) is 0 Å². The maximum Gasteiger partial charge on any atom is 0.160 e. The van der Waals surface area contributed by atoms with Crippen molar-refractivity contribution in [1.29, 1.82) is 0 Å². The zero-order valence-electron chi connectivity index (χ0n) is 22.5. The monoisotopic (exact) mass is 553 g/mol. The molecule has 0 atom stereocenters. The zero-order chi connectivity index (χ0) is 27.6. The molecule has 0 radical (unpaired) electrons. The van der Waals surface area contributed by atoms with Crippen LogP contribution in [0, 0.1) is 0 Å². The van der Waals surface area contributed by atoms with E-state index in [1.165, 1.54) is 42.7 Å². The molecule has 3 heterocycles. The van der Waals surface area contributed by atoms with Crippen molar-refractivity contribution in [2.24, 2.45) is 0 Å². The molecular weight excluding hydrogens is 531 g/mol. The van der Waals surface area contributed by atoms with Crippen LogP contribution < -0.4 is 0 Å². The Hall–Kier alpha value is -5.32. The Kier molecular flexibility index (Phi) is 5.07. The first-order valence-electron chi connectivity index (χ1n) is 14.1. The van der Waals surface area contributed by atoms with Crippen LogP contribution in [0.15, 0.2) is 140 Å². The van der Waals surface area contributed by atoms with Gasteiger partial charge in [0, 0.05) is 37.7 Å². The fraction of sp³-hybridized carbons (Fsp3) is 0. The van der Waals surface area contributed by atoms with Gasteiger partial charge in [0.15, 0.2) is 5.82 Å². The fourth-order valence-corrected chi connectivity index (χ4v) is 7.55. The first kappa shape index (κ1) is 23.4. The lowest BCUT2D eigenvalue weighted by atomic mass is 10.0. The van der Waals surface area contributed by atoms with Gasteiger partial charge in [-0.1, -0.05) is 109 Å². The molecule has 0 unspecified atom stereocenters. The van der Waals surface area contributed by atoms with E-state index in [1.54, 1.807) is 11.3 Å². The van der Waals surface area contributed by atoms with Gasteiger partial charge in [0.2, 0.25) is 0 Å². The molecule has 0 fully saturated rings. The van der Waals surface area contributed by atoms with Gasteiger partial charge in [-0.25, -0.2) is 9.97 Å². The second-order valence-corrected chi connectivity index (χ2v) is 11.6. The summed E-state index contributed by atoms with van der Waals surface area (Å²) >= 11 is 1.80. The predicted octanol–water partition coefficient (Wildman–Crippen LogP) is 10.4. The molecule has 3 nitrogen and oxygen atoms in total. The van der Waals surface area contributed by atoms with Crippen molar-refractivity contribution >= 4 is 64.2 Å². The molecule has 0 aliphatic carbocycles. The lowest BCUT2D eigenvalue weighted by Gasteiger charge is -2.09. The van der Waals surface area contributed by atoms with Gasteiger partial charge in [-0.05, 0) is 41.1 Å². The molecule has 3 aromatic heterocycles. The van der Waals surface area contributed by atoms with E-state index in [9.17, 15) is 0 Å². The van der Waals surface area contributed by atoms with Crippen LogP contribution in [-0.4, -0.2) is 14.5 Å². The summed E-state index contributed by atoms with van der Waals surface area (Å²) in [4.78, 5) is 10.4. The van der Waals surface area contributed by atoms with E-state index in [-0.39, 0.29) is 0 Å². The summed E-state index contributed by atoms with van der Waals surface area (Å²) in [7, 11) is 0. The number of nitrogens with zero attached hydrogens (tertiary/aromatic N) is 3. The maximum absolute atomic E-state index is 5.26. The van der Waals surface area contributed by atoms with Gasteiger partial charge in [-0.3, -0.25) is 0 Å². The average molecular weight is 554 g/mol. The molecule has 196 valence electrons. The van der Waals surface area contributed by atoms with Crippen LogP contribution in [0.2, 0.25) is 0 Å². The first-order valence-corrected chi connectivity index (χ1v) is 14.9. The Balaban J connectivity index is 1.37. The highest BCUT2D eigenvalue weighted by molar-refractivity contribution is 7.27. The van der Waals surface area contributed by atoms with E-state index >= 15 is 0 Å². The third-order valence-electron chi connectivity index (χ3n) is 8.20. The molecule has 0 amide bonds. The molecule has 6 aromatic carbocycles. The Morgan fingerprint density at radius 3 is 2.05 bits per heavy atom. The summed E-state index contributed by atoms with van der Waals surface area (Å²) in [5.41, 5.74) is 7.63. The zero-order valence-corrected chi connectivity index (χ0v) is 23.3. The van der Waals surface area contributed by atoms with Gasteiger partial charge < -0.3 is 4.57 Å². The highest BCUT2D eigenvalue weighted by Crippen LogP contribution is 2.43. The minimum atomic E-state index is 0.748. The lowest BCUT2D eigenvalue weighted by molar-refractivity contribution is 1.18. The van der Waals surface area contributed by atoms with Crippen molar-refractivity contribution in [2.45, 2.75) is 0 Å². The van der Waals surface area contributed by atoms with Gasteiger partial charge in [-0.2, -0.15) is 0 Å². The van der Waals surface area contributed by atoms with E-state index < -0.39 is 0 Å². The van der Waals surface area contributed by atoms with Crippen molar-refractivity contribution in [3.8, 4) is 28.3 Å². The third kappa shape index (κ3) is 3.46. The molecule has 0 saturated carbocycles. The summed E-state index contributed by atoms with van der Waals surface area (Å²) in [6, 6.07) is 49.4. The van der Waals surface area contributed by atoms with Gasteiger partial charge >= 0.3 is 0 Å². The maximum atomic E-state index is 5.26. The van der Waals surface area contributed by atoms with Crippen LogP contribution in [-0.2, 0) is 0 Å². The highest BCUT2D eigenvalue weighted by atomic mass is 32.1. The molecule has 0 spiro atoms. The molecule has 4 heteroatoms. The molecule has 0 saturated heterocycles. The van der Waals surface area contributed by atoms with Crippen LogP contribution in [0.1, 0.15) is 0 Å². The normalized spacial score (nSPS) is 11.8. The topological polar surface area (TPSA) is 30.7 Å². The largest absolute Gasteiger partial charge is 0.309 e. The summed E-state index contributed by atoms with van der Waals surface area (Å²) in [6.45, 7) is 0. The molecule has 9 rings (SSSR count). The second-order valence-electron chi connectivity index (χ2n) is 10.6. The fourth-order valence-electron chi connectivity index (χ4n) is 6.26. The molecule has 0 bridgehead atoms. The molecule has 0 aliphatic rings. The third-order valence-corrected chi connectivity index (χ3v) is 9.43. The number of rotatable bonds is 3. The van der Waals surface area contributed by atoms with E-state index in [4.69, 9.17) is 9.97 Å². The van der Waals surface area contributed by atoms with Gasteiger partial charge in [-0.15, -0.1) is 11.3 Å². The average Bonchev–Trinajstić information content (AvgIpc) is 3.61. The number of para-hydroxylation sites is 2. The van der Waals surface area contributed by atoms with Gasteiger partial charge in [0.25, 0.3) is 0 Å². The van der Waals surface area contributed by atoms with E-state index in [0.29, 0.717) is 0 Å². The van der Waals surface area contributed by atoms with Crippen LogP contribution in [0.25, 0.3) is 81.2 Å². The standard InChI is InChI=1S/C38H23N3S/c1-3-12-25(13-4-1)38-39-34(37-35(40-38)30-21-19-24-11-7-8-16-28(24)36(30)42-37)26-20-22-33-31(23-26)29-17-9-10-18-32(29)41(33)27-14-5-2-6-15-27/h1-23H. The molecule has 9 aromatic rings. The van der Waals surface area contributed by atoms with Crippen molar-refractivity contribution in [3.63, 3.8) is 0 Å². The quantitative estimate of drug-likeness (QED) is 0.218. The van der Waals surface area contributed by atoms with Crippen molar-refractivity contribution < 1.29 is 0 Å². The van der Waals surface area contributed by atoms with Crippen molar-refractivity contribution in [1.82, 2.24) is 14.5 Å². The minimum Gasteiger partial charge on any atom is -0.309 e. The van der Waals surface area contributed by atoms with E-state index in [1.807, 2.05) is 18.2 Å². The molecule has 0 N–H and O–H groups in total. The smallest absolute Gasteiger partial charge is 0.160 e. The SMILES string of the molecule is c1ccc(-c2nc(-c3ccc4c(c3)c3ccccc3n4-c3ccccc3)c3sc4c5ccccc5ccc4c3n2)cc1. The Morgan fingerprint density at radius 1 is 0.476 bits per heavy atom. The predicted molar refractivity (Wildman–Crippen MR) is 178 cm³/mol. The van der Waals surface area contributed by atoms with E-state index in [0.717, 1.165) is 38.5 Å². The number of aromatic nitrogens is 3. The van der Waals surface area contributed by atoms with Crippen LogP contribution in [0.3, 0.4) is 0 Å². The summed E-state index contributed by atoms with van der Waals surface area (Å²) in [5, 5.41) is 6.12. The Labute approximate surface area is 246 Å². The van der Waals surface area contributed by atoms with Crippen molar-refractivity contribution in [3.05, 3.63) is 140 Å². The Morgan fingerprint density at radius 2 is 1.19 bits per heavy atom. The highest BCUT2D eigenvalue weighted by Gasteiger charge is 2.19. The lowest BCUT2D eigenvalue weighted by Crippen LogP contribution is -1.94. The first-order chi connectivity index (χ1) is 20.8. The summed E-state index contributed by atoms with van der Waals surface area (Å²) in [5.74, 6) is 0.748. The second kappa shape index (κ2) is 9.10. The van der Waals surface area contributed by atoms with E-state index in [2.05, 4.69) is 126 Å².